The van der Waals surface area contributed by atoms with Gasteiger partial charge in [0, 0.05) is 5.41 Å². The predicted molar refractivity (Wildman–Crippen MR) is 127 cm³/mol. The Kier molecular flexibility index (Phi) is 4.21. The van der Waals surface area contributed by atoms with Gasteiger partial charge in [-0.15, -0.1) is 13.2 Å². The summed E-state index contributed by atoms with van der Waals surface area (Å²) in [6.45, 7) is 8.36. The molecule has 0 heterocycles. The molecule has 1 spiro atoms. The second kappa shape index (κ2) is 6.99. The van der Waals surface area contributed by atoms with Crippen LogP contribution in [-0.2, 0) is 5.41 Å². The number of benzene rings is 3. The van der Waals surface area contributed by atoms with Crippen molar-refractivity contribution in [1.82, 2.24) is 0 Å². The zero-order chi connectivity index (χ0) is 21.0. The normalized spacial score (nSPS) is 29.9. The third-order valence-electron chi connectivity index (χ3n) is 8.19. The first-order chi connectivity index (χ1) is 15.2. The van der Waals surface area contributed by atoms with Gasteiger partial charge in [-0.2, -0.15) is 0 Å². The lowest BCUT2D eigenvalue weighted by molar-refractivity contribution is 0.381. The first-order valence-corrected chi connectivity index (χ1v) is 11.5. The largest absolute Gasteiger partial charge is 0.457 e. The maximum Gasteiger partial charge on any atom is 0.127 e. The molecule has 4 atom stereocenters. The van der Waals surface area contributed by atoms with Gasteiger partial charge in [-0.3, -0.25) is 0 Å². The van der Waals surface area contributed by atoms with Gasteiger partial charge in [0.15, 0.2) is 0 Å². The third kappa shape index (κ3) is 2.69. The van der Waals surface area contributed by atoms with E-state index in [0.29, 0.717) is 23.7 Å². The number of rotatable bonds is 4. The molecule has 0 saturated heterocycles. The highest BCUT2D eigenvalue weighted by Crippen LogP contribution is 2.65. The summed E-state index contributed by atoms with van der Waals surface area (Å²) in [4.78, 5) is 0. The van der Waals surface area contributed by atoms with Crippen molar-refractivity contribution in [3.8, 4) is 22.6 Å². The lowest BCUT2D eigenvalue weighted by atomic mass is 9.73. The zero-order valence-corrected chi connectivity index (χ0v) is 17.8. The molecule has 1 nitrogen and oxygen atoms in total. The van der Waals surface area contributed by atoms with Gasteiger partial charge < -0.3 is 4.74 Å². The molecule has 6 rings (SSSR count). The Bertz CT molecular complexity index is 1140. The minimum atomic E-state index is 0.0697. The van der Waals surface area contributed by atoms with Crippen LogP contribution in [0.1, 0.15) is 30.4 Å². The average Bonchev–Trinajstić information content (AvgIpc) is 3.44. The molecular weight excluding hydrogens is 376 g/mol. The highest BCUT2D eigenvalue weighted by molar-refractivity contribution is 5.82. The molecule has 3 aliphatic carbocycles. The van der Waals surface area contributed by atoms with Gasteiger partial charge in [-0.05, 0) is 89.5 Å². The lowest BCUT2D eigenvalue weighted by Crippen LogP contribution is -2.23. The summed E-state index contributed by atoms with van der Waals surface area (Å²) in [5.74, 6) is 4.35. The van der Waals surface area contributed by atoms with Crippen LogP contribution in [0, 0.1) is 23.7 Å². The van der Waals surface area contributed by atoms with Crippen molar-refractivity contribution < 1.29 is 4.74 Å². The summed E-state index contributed by atoms with van der Waals surface area (Å²) in [7, 11) is 0. The van der Waals surface area contributed by atoms with Crippen LogP contribution in [-0.4, -0.2) is 0 Å². The first kappa shape index (κ1) is 18.7. The molecular formula is C30H28O. The second-order valence-corrected chi connectivity index (χ2v) is 9.52. The van der Waals surface area contributed by atoms with Crippen molar-refractivity contribution in [2.45, 2.75) is 24.7 Å². The molecule has 0 aromatic heterocycles. The van der Waals surface area contributed by atoms with Gasteiger partial charge in [0.2, 0.25) is 0 Å². The molecule has 0 bridgehead atoms. The molecule has 1 heteroatoms. The van der Waals surface area contributed by atoms with E-state index in [-0.39, 0.29) is 5.41 Å². The molecule has 3 aromatic carbocycles. The Morgan fingerprint density at radius 2 is 1.35 bits per heavy atom. The minimum absolute atomic E-state index is 0.0697. The van der Waals surface area contributed by atoms with Gasteiger partial charge in [0.25, 0.3) is 0 Å². The van der Waals surface area contributed by atoms with Crippen LogP contribution in [0.3, 0.4) is 0 Å². The molecule has 3 aliphatic rings. The number of hydrogen-bond donors (Lipinski definition) is 0. The van der Waals surface area contributed by atoms with Gasteiger partial charge in [0.05, 0.1) is 0 Å². The number of hydrogen-bond acceptors (Lipinski definition) is 1. The van der Waals surface area contributed by atoms with E-state index in [0.717, 1.165) is 11.5 Å². The smallest absolute Gasteiger partial charge is 0.127 e. The van der Waals surface area contributed by atoms with E-state index in [1.54, 1.807) is 0 Å². The lowest BCUT2D eigenvalue weighted by Gasteiger charge is -2.30. The number of fused-ring (bicyclic) bond motifs is 6. The van der Waals surface area contributed by atoms with E-state index in [9.17, 15) is 0 Å². The molecule has 2 fully saturated rings. The predicted octanol–water partition coefficient (Wildman–Crippen LogP) is 7.78. The quantitative estimate of drug-likeness (QED) is 0.403. The van der Waals surface area contributed by atoms with Crippen LogP contribution in [0.5, 0.6) is 11.5 Å². The highest BCUT2D eigenvalue weighted by Gasteiger charge is 2.57. The standard InChI is InChI=1S/C30H28O/c1-3-20-16-21(4-2)27-19-30(18-26(20)27)28-13-9-8-12-24(28)25-15-14-23(17-29(25)30)31-22-10-6-5-7-11-22/h3-15,17,20-21,26-27H,1-2,16,18-19H2. The van der Waals surface area contributed by atoms with Crippen LogP contribution in [0.2, 0.25) is 0 Å². The maximum atomic E-state index is 6.25. The maximum absolute atomic E-state index is 6.25. The molecule has 0 amide bonds. The Balaban J connectivity index is 1.47. The van der Waals surface area contributed by atoms with Gasteiger partial charge in [-0.25, -0.2) is 0 Å². The van der Waals surface area contributed by atoms with Gasteiger partial charge >= 0.3 is 0 Å². The topological polar surface area (TPSA) is 9.23 Å². The molecule has 0 aliphatic heterocycles. The van der Waals surface area contributed by atoms with E-state index >= 15 is 0 Å². The molecule has 3 aromatic rings. The van der Waals surface area contributed by atoms with Gasteiger partial charge in [0.1, 0.15) is 11.5 Å². The van der Waals surface area contributed by atoms with Crippen LogP contribution in [0.4, 0.5) is 0 Å². The Morgan fingerprint density at radius 1 is 0.710 bits per heavy atom. The van der Waals surface area contributed by atoms with E-state index in [2.05, 4.69) is 67.8 Å². The van der Waals surface area contributed by atoms with Crippen LogP contribution in [0.15, 0.2) is 98.1 Å². The second-order valence-electron chi connectivity index (χ2n) is 9.52. The number of para-hydroxylation sites is 1. The Hall–Kier alpha value is -3.06. The summed E-state index contributed by atoms with van der Waals surface area (Å²) in [5, 5.41) is 0. The number of allylic oxidation sites excluding steroid dienone is 2. The molecule has 31 heavy (non-hydrogen) atoms. The summed E-state index contributed by atoms with van der Waals surface area (Å²) >= 11 is 0. The fourth-order valence-electron chi connectivity index (χ4n) is 6.90. The SMILES string of the molecule is C=CC1CC(C=C)C2CC3(CC12)c1ccccc1-c1ccc(Oc2ccccc2)cc13. The minimum Gasteiger partial charge on any atom is -0.457 e. The Morgan fingerprint density at radius 3 is 2.06 bits per heavy atom. The molecule has 2 saturated carbocycles. The Labute approximate surface area is 185 Å². The van der Waals surface area contributed by atoms with Crippen molar-refractivity contribution in [1.29, 1.82) is 0 Å². The van der Waals surface area contributed by atoms with Crippen molar-refractivity contribution in [2.24, 2.45) is 23.7 Å². The molecule has 4 unspecified atom stereocenters. The average molecular weight is 405 g/mol. The molecule has 0 radical (unpaired) electrons. The molecule has 0 N–H and O–H groups in total. The fraction of sp³-hybridized carbons (Fsp3) is 0.267. The molecule has 154 valence electrons. The van der Waals surface area contributed by atoms with Crippen molar-refractivity contribution >= 4 is 0 Å². The van der Waals surface area contributed by atoms with Crippen molar-refractivity contribution in [3.63, 3.8) is 0 Å². The van der Waals surface area contributed by atoms with Crippen LogP contribution >= 0.6 is 0 Å². The van der Waals surface area contributed by atoms with E-state index in [1.807, 2.05) is 30.3 Å². The summed E-state index contributed by atoms with van der Waals surface area (Å²) in [6.07, 6.45) is 8.01. The van der Waals surface area contributed by atoms with E-state index in [1.165, 1.54) is 41.5 Å². The van der Waals surface area contributed by atoms with Crippen molar-refractivity contribution in [3.05, 3.63) is 109 Å². The van der Waals surface area contributed by atoms with Gasteiger partial charge in [-0.1, -0.05) is 60.7 Å². The summed E-state index contributed by atoms with van der Waals surface area (Å²) in [5.41, 5.74) is 5.79. The van der Waals surface area contributed by atoms with Crippen LogP contribution < -0.4 is 4.74 Å². The van der Waals surface area contributed by atoms with E-state index in [4.69, 9.17) is 4.74 Å². The third-order valence-corrected chi connectivity index (χ3v) is 8.19. The van der Waals surface area contributed by atoms with Crippen LogP contribution in [0.25, 0.3) is 11.1 Å². The fourth-order valence-corrected chi connectivity index (χ4v) is 6.90. The van der Waals surface area contributed by atoms with Crippen molar-refractivity contribution in [2.75, 3.05) is 0 Å². The number of ether oxygens (including phenoxy) is 1. The summed E-state index contributed by atoms with van der Waals surface area (Å²) in [6, 6.07) is 25.8. The zero-order valence-electron chi connectivity index (χ0n) is 17.8. The van der Waals surface area contributed by atoms with E-state index < -0.39 is 0 Å². The monoisotopic (exact) mass is 404 g/mol. The summed E-state index contributed by atoms with van der Waals surface area (Å²) < 4.78 is 6.25. The first-order valence-electron chi connectivity index (χ1n) is 11.5. The highest BCUT2D eigenvalue weighted by atomic mass is 16.5.